The van der Waals surface area contributed by atoms with Crippen molar-refractivity contribution in [1.29, 1.82) is 0 Å². The van der Waals surface area contributed by atoms with Crippen molar-refractivity contribution in [3.8, 4) is 0 Å². The smallest absolute Gasteiger partial charge is 0.410 e. The first-order chi connectivity index (χ1) is 14.2. The van der Waals surface area contributed by atoms with E-state index in [9.17, 15) is 4.79 Å². The van der Waals surface area contributed by atoms with Crippen LogP contribution in [0.2, 0.25) is 0 Å². The van der Waals surface area contributed by atoms with Gasteiger partial charge in [-0.25, -0.2) is 14.8 Å². The van der Waals surface area contributed by atoms with Crippen molar-refractivity contribution in [2.75, 3.05) is 18.0 Å². The molecule has 0 aliphatic carbocycles. The molecule has 2 atom stereocenters. The maximum Gasteiger partial charge on any atom is 0.410 e. The van der Waals surface area contributed by atoms with Crippen LogP contribution < -0.4 is 4.90 Å². The summed E-state index contributed by atoms with van der Waals surface area (Å²) in [5.74, 6) is 0.957. The Morgan fingerprint density at radius 3 is 3.03 bits per heavy atom. The molecule has 3 aromatic rings. The average molecular weight is 391 g/mol. The summed E-state index contributed by atoms with van der Waals surface area (Å²) in [5, 5.41) is 1.03. The maximum atomic E-state index is 12.9. The van der Waals surface area contributed by atoms with Crippen molar-refractivity contribution in [2.24, 2.45) is 0 Å². The summed E-state index contributed by atoms with van der Waals surface area (Å²) in [7, 11) is 0. The van der Waals surface area contributed by atoms with Gasteiger partial charge in [-0.05, 0) is 37.8 Å². The molecule has 4 heterocycles. The molecule has 1 N–H and O–H groups in total. The Hall–Kier alpha value is -3.09. The molecule has 1 aromatic carbocycles. The van der Waals surface area contributed by atoms with Crippen LogP contribution in [0.25, 0.3) is 11.0 Å². The number of aryl methyl sites for hydroxylation is 1. The zero-order chi connectivity index (χ0) is 19.8. The van der Waals surface area contributed by atoms with Gasteiger partial charge < -0.3 is 19.5 Å². The van der Waals surface area contributed by atoms with Crippen LogP contribution in [0.1, 0.15) is 30.4 Å². The molecule has 2 aliphatic rings. The van der Waals surface area contributed by atoms with Crippen LogP contribution in [0.3, 0.4) is 0 Å². The molecule has 150 valence electrons. The van der Waals surface area contributed by atoms with E-state index in [-0.39, 0.29) is 18.2 Å². The van der Waals surface area contributed by atoms with E-state index in [4.69, 9.17) is 4.74 Å². The van der Waals surface area contributed by atoms with Gasteiger partial charge in [-0.15, -0.1) is 0 Å². The van der Waals surface area contributed by atoms with E-state index < -0.39 is 0 Å². The van der Waals surface area contributed by atoms with E-state index in [1.165, 1.54) is 5.56 Å². The number of carbonyl (C=O) groups is 1. The van der Waals surface area contributed by atoms with Crippen LogP contribution in [0.4, 0.5) is 10.6 Å². The lowest BCUT2D eigenvalue weighted by molar-refractivity contribution is 0.0673. The Morgan fingerprint density at radius 1 is 1.21 bits per heavy atom. The van der Waals surface area contributed by atoms with E-state index >= 15 is 0 Å². The van der Waals surface area contributed by atoms with Crippen LogP contribution in [0, 0.1) is 6.92 Å². The number of hydrogen-bond acceptors (Lipinski definition) is 5. The van der Waals surface area contributed by atoms with Crippen molar-refractivity contribution in [1.82, 2.24) is 19.9 Å². The van der Waals surface area contributed by atoms with Gasteiger partial charge in [0.1, 0.15) is 24.4 Å². The maximum absolute atomic E-state index is 12.9. The van der Waals surface area contributed by atoms with Gasteiger partial charge in [-0.1, -0.05) is 29.8 Å². The summed E-state index contributed by atoms with van der Waals surface area (Å²) >= 11 is 0. The van der Waals surface area contributed by atoms with Crippen LogP contribution in [-0.4, -0.2) is 51.1 Å². The van der Waals surface area contributed by atoms with E-state index in [0.717, 1.165) is 54.8 Å². The number of ether oxygens (including phenoxy) is 1. The molecule has 0 bridgehead atoms. The third-order valence-corrected chi connectivity index (χ3v) is 6.09. The highest BCUT2D eigenvalue weighted by Crippen LogP contribution is 2.36. The van der Waals surface area contributed by atoms with Crippen molar-refractivity contribution >= 4 is 22.9 Å². The fourth-order valence-electron chi connectivity index (χ4n) is 4.79. The third-order valence-electron chi connectivity index (χ3n) is 6.09. The number of carbonyl (C=O) groups excluding carboxylic acids is 1. The first-order valence-electron chi connectivity index (χ1n) is 10.2. The lowest BCUT2D eigenvalue weighted by Crippen LogP contribution is -2.52. The summed E-state index contributed by atoms with van der Waals surface area (Å²) in [6.07, 6.45) is 6.25. The minimum Gasteiger partial charge on any atom is -0.445 e. The molecule has 7 nitrogen and oxygen atoms in total. The molecule has 2 aromatic heterocycles. The fraction of sp³-hybridized carbons (Fsp3) is 0.409. The minimum absolute atomic E-state index is 0.165. The summed E-state index contributed by atoms with van der Waals surface area (Å²) in [4.78, 5) is 29.2. The quantitative estimate of drug-likeness (QED) is 0.738. The lowest BCUT2D eigenvalue weighted by atomic mass is 9.97. The normalized spacial score (nSPS) is 21.4. The molecule has 0 spiro atoms. The number of nitrogens with zero attached hydrogens (tertiary/aromatic N) is 4. The highest BCUT2D eigenvalue weighted by molar-refractivity contribution is 5.87. The Morgan fingerprint density at radius 2 is 2.14 bits per heavy atom. The second kappa shape index (κ2) is 7.39. The number of H-pyrrole nitrogens is 1. The number of hydrogen-bond donors (Lipinski definition) is 1. The van der Waals surface area contributed by atoms with Crippen LogP contribution in [-0.2, 0) is 11.3 Å². The number of rotatable bonds is 3. The van der Waals surface area contributed by atoms with Gasteiger partial charge in [0.15, 0.2) is 0 Å². The monoisotopic (exact) mass is 391 g/mol. The molecule has 5 rings (SSSR count). The van der Waals surface area contributed by atoms with Crippen molar-refractivity contribution in [3.05, 3.63) is 54.0 Å². The summed E-state index contributed by atoms with van der Waals surface area (Å²) < 4.78 is 5.67. The Labute approximate surface area is 169 Å². The van der Waals surface area contributed by atoms with Crippen molar-refractivity contribution < 1.29 is 9.53 Å². The van der Waals surface area contributed by atoms with Gasteiger partial charge in [0.2, 0.25) is 0 Å². The number of aromatic nitrogens is 3. The lowest BCUT2D eigenvalue weighted by Gasteiger charge is -2.39. The Balaban J connectivity index is 1.31. The number of likely N-dealkylation sites (tertiary alicyclic amines) is 1. The van der Waals surface area contributed by atoms with Crippen LogP contribution in [0.15, 0.2) is 42.9 Å². The highest BCUT2D eigenvalue weighted by atomic mass is 16.6. The van der Waals surface area contributed by atoms with Crippen molar-refractivity contribution in [3.63, 3.8) is 0 Å². The molecule has 2 unspecified atom stereocenters. The van der Waals surface area contributed by atoms with E-state index in [0.29, 0.717) is 6.61 Å². The van der Waals surface area contributed by atoms with Gasteiger partial charge in [-0.2, -0.15) is 0 Å². The zero-order valence-corrected chi connectivity index (χ0v) is 16.5. The predicted molar refractivity (Wildman–Crippen MR) is 111 cm³/mol. The SMILES string of the molecule is Cc1cccc(COC(=O)N2CCCC3C2CCN3c2ncnc3[nH]ccc23)c1. The fourth-order valence-corrected chi connectivity index (χ4v) is 4.79. The molecule has 2 aliphatic heterocycles. The molecule has 2 fully saturated rings. The second-order valence-electron chi connectivity index (χ2n) is 7.93. The minimum atomic E-state index is -0.211. The van der Waals surface area contributed by atoms with E-state index in [2.05, 4.69) is 25.9 Å². The average Bonchev–Trinajstić information content (AvgIpc) is 3.38. The van der Waals surface area contributed by atoms with Gasteiger partial charge in [0.05, 0.1) is 17.5 Å². The topological polar surface area (TPSA) is 74.3 Å². The zero-order valence-electron chi connectivity index (χ0n) is 16.5. The number of fused-ring (bicyclic) bond motifs is 2. The molecular weight excluding hydrogens is 366 g/mol. The summed E-state index contributed by atoms with van der Waals surface area (Å²) in [5.41, 5.74) is 3.04. The van der Waals surface area contributed by atoms with Gasteiger partial charge in [0.25, 0.3) is 0 Å². The van der Waals surface area contributed by atoms with Crippen LogP contribution in [0.5, 0.6) is 0 Å². The van der Waals surface area contributed by atoms with E-state index in [1.54, 1.807) is 6.33 Å². The third kappa shape index (κ3) is 3.30. The number of amides is 1. The van der Waals surface area contributed by atoms with Gasteiger partial charge >= 0.3 is 6.09 Å². The van der Waals surface area contributed by atoms with Crippen LogP contribution >= 0.6 is 0 Å². The molecular formula is C22H25N5O2. The van der Waals surface area contributed by atoms with Gasteiger partial charge in [-0.3, -0.25) is 0 Å². The highest BCUT2D eigenvalue weighted by Gasteiger charge is 2.43. The number of anilines is 1. The number of benzene rings is 1. The molecule has 29 heavy (non-hydrogen) atoms. The number of aromatic amines is 1. The Kier molecular flexibility index (Phi) is 4.58. The summed E-state index contributed by atoms with van der Waals surface area (Å²) in [6.45, 7) is 4.00. The molecule has 2 saturated heterocycles. The first-order valence-corrected chi connectivity index (χ1v) is 10.2. The van der Waals surface area contributed by atoms with Gasteiger partial charge in [0, 0.05) is 19.3 Å². The second-order valence-corrected chi connectivity index (χ2v) is 7.93. The largest absolute Gasteiger partial charge is 0.445 e. The Bertz CT molecular complexity index is 1030. The number of nitrogens with one attached hydrogen (secondary N) is 1. The molecule has 0 saturated carbocycles. The number of piperidine rings is 1. The predicted octanol–water partition coefficient (Wildman–Crippen LogP) is 3.65. The molecule has 7 heteroatoms. The summed E-state index contributed by atoms with van der Waals surface area (Å²) in [6, 6.07) is 10.5. The first kappa shape index (κ1) is 18.0. The molecule has 0 radical (unpaired) electrons. The van der Waals surface area contributed by atoms with Crippen molar-refractivity contribution in [2.45, 2.75) is 44.9 Å². The standard InChI is InChI=1S/C22H25N5O2/c1-15-4-2-5-16(12-15)13-29-22(28)27-10-3-6-18-19(27)8-11-26(18)21-17-7-9-23-20(17)24-14-25-21/h2,4-5,7,9,12,14,18-19H,3,6,8,10-11,13H2,1H3,(H,23,24,25). The van der Waals surface area contributed by atoms with E-state index in [1.807, 2.05) is 42.3 Å². The molecule has 1 amide bonds.